The highest BCUT2D eigenvalue weighted by Gasteiger charge is 2.29. The van der Waals surface area contributed by atoms with Crippen molar-refractivity contribution in [3.63, 3.8) is 0 Å². The summed E-state index contributed by atoms with van der Waals surface area (Å²) in [5.74, 6) is 0. The molecule has 0 unspecified atom stereocenters. The highest BCUT2D eigenvalue weighted by atomic mass is 79.9. The lowest BCUT2D eigenvalue weighted by Crippen LogP contribution is -2.05. The SMILES string of the molecule is FC(F)(F)c1ccc(CNc2ccncc2Br)cc1. The molecule has 6 heteroatoms. The fourth-order valence-corrected chi connectivity index (χ4v) is 1.92. The first kappa shape index (κ1) is 13.9. The summed E-state index contributed by atoms with van der Waals surface area (Å²) >= 11 is 3.33. The first-order valence-electron chi connectivity index (χ1n) is 5.46. The van der Waals surface area contributed by atoms with E-state index in [0.29, 0.717) is 6.54 Å². The van der Waals surface area contributed by atoms with Crippen LogP contribution >= 0.6 is 15.9 Å². The lowest BCUT2D eigenvalue weighted by molar-refractivity contribution is -0.137. The molecule has 0 spiro atoms. The molecule has 1 heterocycles. The van der Waals surface area contributed by atoms with Crippen LogP contribution in [0.25, 0.3) is 0 Å². The van der Waals surface area contributed by atoms with Crippen molar-refractivity contribution in [2.45, 2.75) is 12.7 Å². The van der Waals surface area contributed by atoms with Gasteiger partial charge in [0.1, 0.15) is 0 Å². The second kappa shape index (κ2) is 5.61. The third kappa shape index (κ3) is 3.70. The Morgan fingerprint density at radius 2 is 1.79 bits per heavy atom. The van der Waals surface area contributed by atoms with Gasteiger partial charge < -0.3 is 5.32 Å². The molecule has 100 valence electrons. The maximum absolute atomic E-state index is 12.4. The number of halogens is 4. The van der Waals surface area contributed by atoms with Crippen molar-refractivity contribution < 1.29 is 13.2 Å². The van der Waals surface area contributed by atoms with E-state index in [1.165, 1.54) is 12.1 Å². The Labute approximate surface area is 116 Å². The van der Waals surface area contributed by atoms with E-state index in [2.05, 4.69) is 26.2 Å². The molecule has 1 aromatic carbocycles. The smallest absolute Gasteiger partial charge is 0.380 e. The summed E-state index contributed by atoms with van der Waals surface area (Å²) in [6.45, 7) is 0.445. The minimum Gasteiger partial charge on any atom is -0.380 e. The summed E-state index contributed by atoms with van der Waals surface area (Å²) in [6, 6.07) is 6.88. The summed E-state index contributed by atoms with van der Waals surface area (Å²) in [6.07, 6.45) is -1.00. The summed E-state index contributed by atoms with van der Waals surface area (Å²) in [4.78, 5) is 3.93. The van der Waals surface area contributed by atoms with Crippen LogP contribution in [0.1, 0.15) is 11.1 Å². The standard InChI is InChI=1S/C13H10BrF3N2/c14-11-8-18-6-5-12(11)19-7-9-1-3-10(4-2-9)13(15,16)17/h1-6,8H,7H2,(H,18,19). The van der Waals surface area contributed by atoms with Gasteiger partial charge in [-0.2, -0.15) is 13.2 Å². The van der Waals surface area contributed by atoms with Gasteiger partial charge in [-0.3, -0.25) is 4.98 Å². The van der Waals surface area contributed by atoms with Crippen molar-refractivity contribution in [1.82, 2.24) is 4.98 Å². The van der Waals surface area contributed by atoms with Gasteiger partial charge in [0.15, 0.2) is 0 Å². The van der Waals surface area contributed by atoms with Gasteiger partial charge in [0.05, 0.1) is 15.7 Å². The number of anilines is 1. The van der Waals surface area contributed by atoms with E-state index >= 15 is 0 Å². The second-order valence-electron chi connectivity index (χ2n) is 3.90. The lowest BCUT2D eigenvalue weighted by atomic mass is 10.1. The summed E-state index contributed by atoms with van der Waals surface area (Å²) in [5.41, 5.74) is 0.980. The van der Waals surface area contributed by atoms with Crippen LogP contribution in [-0.4, -0.2) is 4.98 Å². The van der Waals surface area contributed by atoms with E-state index < -0.39 is 11.7 Å². The van der Waals surface area contributed by atoms with Gasteiger partial charge in [0.25, 0.3) is 0 Å². The van der Waals surface area contributed by atoms with Crippen LogP contribution in [0.3, 0.4) is 0 Å². The first-order chi connectivity index (χ1) is 8.97. The van der Waals surface area contributed by atoms with Gasteiger partial charge in [-0.05, 0) is 39.7 Å². The van der Waals surface area contributed by atoms with Crippen LogP contribution < -0.4 is 5.32 Å². The summed E-state index contributed by atoms with van der Waals surface area (Å²) in [7, 11) is 0. The number of hydrogen-bond donors (Lipinski definition) is 1. The molecule has 0 aliphatic carbocycles. The van der Waals surface area contributed by atoms with Crippen molar-refractivity contribution in [2.24, 2.45) is 0 Å². The molecule has 0 saturated carbocycles. The minimum absolute atomic E-state index is 0.445. The molecular formula is C13H10BrF3N2. The van der Waals surface area contributed by atoms with Gasteiger partial charge in [-0.1, -0.05) is 12.1 Å². The van der Waals surface area contributed by atoms with E-state index in [1.54, 1.807) is 18.5 Å². The third-order valence-corrected chi connectivity index (χ3v) is 3.17. The van der Waals surface area contributed by atoms with E-state index in [1.807, 2.05) is 0 Å². The van der Waals surface area contributed by atoms with Crippen LogP contribution in [0.5, 0.6) is 0 Å². The van der Waals surface area contributed by atoms with E-state index in [9.17, 15) is 13.2 Å². The van der Waals surface area contributed by atoms with Crippen molar-refractivity contribution in [1.29, 1.82) is 0 Å². The number of benzene rings is 1. The molecule has 0 saturated heterocycles. The van der Waals surface area contributed by atoms with Crippen molar-refractivity contribution in [3.8, 4) is 0 Å². The molecule has 0 bridgehead atoms. The van der Waals surface area contributed by atoms with Crippen molar-refractivity contribution in [3.05, 3.63) is 58.3 Å². The van der Waals surface area contributed by atoms with E-state index in [4.69, 9.17) is 0 Å². The van der Waals surface area contributed by atoms with E-state index in [-0.39, 0.29) is 0 Å². The predicted octanol–water partition coefficient (Wildman–Crippen LogP) is 4.48. The number of rotatable bonds is 3. The monoisotopic (exact) mass is 330 g/mol. The minimum atomic E-state index is -4.29. The molecule has 1 N–H and O–H groups in total. The Morgan fingerprint density at radius 3 is 2.37 bits per heavy atom. The van der Waals surface area contributed by atoms with Crippen LogP contribution in [0.4, 0.5) is 18.9 Å². The van der Waals surface area contributed by atoms with Crippen LogP contribution in [0, 0.1) is 0 Å². The summed E-state index contributed by atoms with van der Waals surface area (Å²) < 4.78 is 38.0. The first-order valence-corrected chi connectivity index (χ1v) is 6.25. The number of aromatic nitrogens is 1. The summed E-state index contributed by atoms with van der Waals surface area (Å²) in [5, 5.41) is 3.12. The zero-order valence-corrected chi connectivity index (χ0v) is 11.3. The second-order valence-corrected chi connectivity index (χ2v) is 4.76. The number of hydrogen-bond acceptors (Lipinski definition) is 2. The molecule has 2 rings (SSSR count). The molecule has 0 fully saturated rings. The van der Waals surface area contributed by atoms with Crippen LogP contribution in [-0.2, 0) is 12.7 Å². The van der Waals surface area contributed by atoms with Gasteiger partial charge >= 0.3 is 6.18 Å². The zero-order chi connectivity index (χ0) is 13.9. The van der Waals surface area contributed by atoms with Gasteiger partial charge in [0.2, 0.25) is 0 Å². The van der Waals surface area contributed by atoms with Gasteiger partial charge in [0, 0.05) is 18.9 Å². The maximum atomic E-state index is 12.4. The molecule has 19 heavy (non-hydrogen) atoms. The fraction of sp³-hybridized carbons (Fsp3) is 0.154. The molecule has 2 nitrogen and oxygen atoms in total. The lowest BCUT2D eigenvalue weighted by Gasteiger charge is -2.10. The van der Waals surface area contributed by atoms with Gasteiger partial charge in [-0.15, -0.1) is 0 Å². The zero-order valence-electron chi connectivity index (χ0n) is 9.71. The Hall–Kier alpha value is -1.56. The average molecular weight is 331 g/mol. The molecule has 0 aliphatic rings. The van der Waals surface area contributed by atoms with Gasteiger partial charge in [-0.25, -0.2) is 0 Å². The van der Waals surface area contributed by atoms with E-state index in [0.717, 1.165) is 27.9 Å². The molecule has 2 aromatic rings. The molecule has 0 aliphatic heterocycles. The third-order valence-electron chi connectivity index (χ3n) is 2.54. The quantitative estimate of drug-likeness (QED) is 0.897. The average Bonchev–Trinajstić information content (AvgIpc) is 2.37. The van der Waals surface area contributed by atoms with Crippen LogP contribution in [0.15, 0.2) is 47.2 Å². The molecule has 0 radical (unpaired) electrons. The Morgan fingerprint density at radius 1 is 1.11 bits per heavy atom. The highest BCUT2D eigenvalue weighted by Crippen LogP contribution is 2.29. The predicted molar refractivity (Wildman–Crippen MR) is 70.7 cm³/mol. The molecule has 1 aromatic heterocycles. The topological polar surface area (TPSA) is 24.9 Å². The highest BCUT2D eigenvalue weighted by molar-refractivity contribution is 9.10. The Bertz CT molecular complexity index is 553. The van der Waals surface area contributed by atoms with Crippen LogP contribution in [0.2, 0.25) is 0 Å². The number of nitrogens with one attached hydrogen (secondary N) is 1. The number of nitrogens with zero attached hydrogens (tertiary/aromatic N) is 1. The van der Waals surface area contributed by atoms with Crippen molar-refractivity contribution >= 4 is 21.6 Å². The number of alkyl halides is 3. The largest absolute Gasteiger partial charge is 0.416 e. The molecule has 0 atom stereocenters. The normalized spacial score (nSPS) is 11.4. The fourth-order valence-electron chi connectivity index (χ4n) is 1.53. The van der Waals surface area contributed by atoms with Crippen molar-refractivity contribution in [2.75, 3.05) is 5.32 Å². The maximum Gasteiger partial charge on any atom is 0.416 e. The molecular weight excluding hydrogens is 321 g/mol. The Balaban J connectivity index is 2.03. The molecule has 0 amide bonds. The Kier molecular flexibility index (Phi) is 4.09. The number of pyridine rings is 1.